The van der Waals surface area contributed by atoms with Crippen LogP contribution in [0.2, 0.25) is 0 Å². The van der Waals surface area contributed by atoms with Crippen molar-refractivity contribution < 1.29 is 9.53 Å². The van der Waals surface area contributed by atoms with Gasteiger partial charge in [0.05, 0.1) is 5.69 Å². The molecule has 1 aromatic carbocycles. The molecule has 3 fully saturated rings. The maximum absolute atomic E-state index is 12.4. The van der Waals surface area contributed by atoms with E-state index in [2.05, 4.69) is 15.0 Å². The molecule has 0 N–H and O–H groups in total. The summed E-state index contributed by atoms with van der Waals surface area (Å²) in [5.41, 5.74) is 0.880. The SMILES string of the molecule is O=C(c1ncn(-c2ccc(OC3CCN(C4CCC4)CC3)cc2)n1)N1CCCC1. The van der Waals surface area contributed by atoms with Crippen molar-refractivity contribution in [3.05, 3.63) is 36.4 Å². The van der Waals surface area contributed by atoms with Crippen molar-refractivity contribution in [2.24, 2.45) is 0 Å². The molecule has 2 saturated heterocycles. The van der Waals surface area contributed by atoms with Crippen molar-refractivity contribution in [1.82, 2.24) is 24.6 Å². The minimum Gasteiger partial charge on any atom is -0.490 e. The van der Waals surface area contributed by atoms with E-state index in [1.165, 1.54) is 19.3 Å². The highest BCUT2D eigenvalue weighted by molar-refractivity contribution is 5.90. The Balaban J connectivity index is 1.17. The first kappa shape index (κ1) is 18.6. The van der Waals surface area contributed by atoms with Gasteiger partial charge in [-0.15, -0.1) is 5.10 Å². The Morgan fingerprint density at radius 1 is 0.931 bits per heavy atom. The highest BCUT2D eigenvalue weighted by Crippen LogP contribution is 2.28. The number of likely N-dealkylation sites (tertiary alicyclic amines) is 2. The molecule has 0 unspecified atom stereocenters. The highest BCUT2D eigenvalue weighted by Gasteiger charge is 2.29. The average Bonchev–Trinajstić information content (AvgIpc) is 3.41. The molecule has 5 rings (SSSR count). The number of carbonyl (C=O) groups is 1. The molecule has 154 valence electrons. The summed E-state index contributed by atoms with van der Waals surface area (Å²) >= 11 is 0. The van der Waals surface area contributed by atoms with E-state index in [9.17, 15) is 4.79 Å². The summed E-state index contributed by atoms with van der Waals surface area (Å²) in [4.78, 5) is 21.1. The van der Waals surface area contributed by atoms with E-state index in [-0.39, 0.29) is 11.7 Å². The minimum absolute atomic E-state index is 0.0746. The molecular formula is C22H29N5O2. The van der Waals surface area contributed by atoms with Gasteiger partial charge in [0.2, 0.25) is 5.82 Å². The lowest BCUT2D eigenvalue weighted by Gasteiger charge is -2.41. The summed E-state index contributed by atoms with van der Waals surface area (Å²) in [6, 6.07) is 8.74. The van der Waals surface area contributed by atoms with Gasteiger partial charge < -0.3 is 14.5 Å². The lowest BCUT2D eigenvalue weighted by molar-refractivity contribution is 0.0493. The monoisotopic (exact) mass is 395 g/mol. The maximum atomic E-state index is 12.4. The van der Waals surface area contributed by atoms with Crippen molar-refractivity contribution in [3.63, 3.8) is 0 Å². The molecule has 1 amide bonds. The summed E-state index contributed by atoms with van der Waals surface area (Å²) < 4.78 is 7.86. The van der Waals surface area contributed by atoms with Gasteiger partial charge in [0, 0.05) is 32.2 Å². The topological polar surface area (TPSA) is 63.5 Å². The molecule has 0 atom stereocenters. The van der Waals surface area contributed by atoms with E-state index < -0.39 is 0 Å². The second kappa shape index (κ2) is 8.14. The fourth-order valence-corrected chi connectivity index (χ4v) is 4.53. The molecule has 1 aliphatic carbocycles. The van der Waals surface area contributed by atoms with E-state index >= 15 is 0 Å². The van der Waals surface area contributed by atoms with Crippen LogP contribution in [0.25, 0.3) is 5.69 Å². The largest absolute Gasteiger partial charge is 0.490 e. The molecule has 3 heterocycles. The molecule has 2 aromatic rings. The summed E-state index contributed by atoms with van der Waals surface area (Å²) in [6.45, 7) is 3.92. The molecule has 3 aliphatic rings. The number of carbonyl (C=O) groups excluding carboxylic acids is 1. The third kappa shape index (κ3) is 4.01. The zero-order chi connectivity index (χ0) is 19.6. The van der Waals surface area contributed by atoms with E-state index in [1.54, 1.807) is 11.0 Å². The van der Waals surface area contributed by atoms with Gasteiger partial charge in [-0.1, -0.05) is 6.42 Å². The first-order valence-corrected chi connectivity index (χ1v) is 11.0. The second-order valence-corrected chi connectivity index (χ2v) is 8.44. The smallest absolute Gasteiger partial charge is 0.293 e. The normalized spacial score (nSPS) is 21.3. The third-order valence-corrected chi connectivity index (χ3v) is 6.55. The van der Waals surface area contributed by atoms with Gasteiger partial charge in [0.25, 0.3) is 5.91 Å². The van der Waals surface area contributed by atoms with Gasteiger partial charge >= 0.3 is 0 Å². The van der Waals surface area contributed by atoms with Crippen LogP contribution in [0.3, 0.4) is 0 Å². The summed E-state index contributed by atoms with van der Waals surface area (Å²) in [6.07, 6.45) is 10.4. The molecule has 7 heteroatoms. The number of hydrogen-bond acceptors (Lipinski definition) is 5. The Hall–Kier alpha value is -2.41. The Labute approximate surface area is 171 Å². The third-order valence-electron chi connectivity index (χ3n) is 6.55. The Morgan fingerprint density at radius 3 is 2.31 bits per heavy atom. The van der Waals surface area contributed by atoms with Crippen molar-refractivity contribution in [1.29, 1.82) is 0 Å². The van der Waals surface area contributed by atoms with Crippen LogP contribution in [0.15, 0.2) is 30.6 Å². The Bertz CT molecular complexity index is 831. The fraction of sp³-hybridized carbons (Fsp3) is 0.591. The molecular weight excluding hydrogens is 366 g/mol. The van der Waals surface area contributed by atoms with Gasteiger partial charge in [-0.2, -0.15) is 0 Å². The summed E-state index contributed by atoms with van der Waals surface area (Å²) in [7, 11) is 0. The molecule has 29 heavy (non-hydrogen) atoms. The second-order valence-electron chi connectivity index (χ2n) is 8.44. The first-order valence-electron chi connectivity index (χ1n) is 11.0. The van der Waals surface area contributed by atoms with Crippen LogP contribution in [-0.4, -0.2) is 68.8 Å². The lowest BCUT2D eigenvalue weighted by atomic mass is 9.90. The van der Waals surface area contributed by atoms with Crippen LogP contribution in [0.5, 0.6) is 5.75 Å². The van der Waals surface area contributed by atoms with Crippen LogP contribution in [0.1, 0.15) is 55.6 Å². The van der Waals surface area contributed by atoms with Gasteiger partial charge in [0.15, 0.2) is 0 Å². The standard InChI is InChI=1S/C22H29N5O2/c28-22(26-12-1-2-13-26)21-23-16-27(24-21)18-6-8-19(9-7-18)29-20-10-14-25(15-11-20)17-4-3-5-17/h6-9,16-17,20H,1-5,10-15H2. The number of rotatable bonds is 5. The number of amides is 1. The zero-order valence-electron chi connectivity index (χ0n) is 16.9. The molecule has 1 aromatic heterocycles. The van der Waals surface area contributed by atoms with Gasteiger partial charge in [-0.05, 0) is 62.8 Å². The van der Waals surface area contributed by atoms with E-state index in [0.717, 1.165) is 69.3 Å². The van der Waals surface area contributed by atoms with Gasteiger partial charge in [-0.25, -0.2) is 9.67 Å². The van der Waals surface area contributed by atoms with E-state index in [0.29, 0.717) is 6.10 Å². The summed E-state index contributed by atoms with van der Waals surface area (Å²) in [5.74, 6) is 1.09. The highest BCUT2D eigenvalue weighted by atomic mass is 16.5. The van der Waals surface area contributed by atoms with Crippen molar-refractivity contribution in [3.8, 4) is 11.4 Å². The molecule has 1 saturated carbocycles. The zero-order valence-corrected chi connectivity index (χ0v) is 16.9. The first-order chi connectivity index (χ1) is 14.3. The Morgan fingerprint density at radius 2 is 1.66 bits per heavy atom. The van der Waals surface area contributed by atoms with Gasteiger partial charge in [0.1, 0.15) is 18.2 Å². The van der Waals surface area contributed by atoms with E-state index in [1.807, 2.05) is 29.2 Å². The van der Waals surface area contributed by atoms with Crippen LogP contribution in [-0.2, 0) is 0 Å². The molecule has 0 spiro atoms. The number of nitrogens with zero attached hydrogens (tertiary/aromatic N) is 5. The molecule has 2 aliphatic heterocycles. The van der Waals surface area contributed by atoms with Crippen molar-refractivity contribution in [2.75, 3.05) is 26.2 Å². The lowest BCUT2D eigenvalue weighted by Crippen LogP contribution is -2.46. The van der Waals surface area contributed by atoms with Crippen LogP contribution >= 0.6 is 0 Å². The van der Waals surface area contributed by atoms with E-state index in [4.69, 9.17) is 4.74 Å². The number of ether oxygens (including phenoxy) is 1. The van der Waals surface area contributed by atoms with Crippen LogP contribution < -0.4 is 4.74 Å². The average molecular weight is 396 g/mol. The van der Waals surface area contributed by atoms with Crippen LogP contribution in [0.4, 0.5) is 0 Å². The van der Waals surface area contributed by atoms with Crippen molar-refractivity contribution >= 4 is 5.91 Å². The number of aromatic nitrogens is 3. The Kier molecular flexibility index (Phi) is 5.23. The number of piperidine rings is 1. The summed E-state index contributed by atoms with van der Waals surface area (Å²) in [5, 5.41) is 4.38. The molecule has 0 radical (unpaired) electrons. The predicted octanol–water partition coefficient (Wildman–Crippen LogP) is 2.90. The van der Waals surface area contributed by atoms with Crippen molar-refractivity contribution in [2.45, 2.75) is 57.1 Å². The number of hydrogen-bond donors (Lipinski definition) is 0. The molecule has 0 bridgehead atoms. The van der Waals surface area contributed by atoms with Crippen LogP contribution in [0, 0.1) is 0 Å². The quantitative estimate of drug-likeness (QED) is 0.779. The maximum Gasteiger partial charge on any atom is 0.293 e. The number of benzene rings is 1. The van der Waals surface area contributed by atoms with Gasteiger partial charge in [-0.3, -0.25) is 4.79 Å². The molecule has 7 nitrogen and oxygen atoms in total. The predicted molar refractivity (Wildman–Crippen MR) is 109 cm³/mol. The fourth-order valence-electron chi connectivity index (χ4n) is 4.53. The minimum atomic E-state index is -0.0746.